The number of nitriles is 1. The van der Waals surface area contributed by atoms with Crippen molar-refractivity contribution in [2.45, 2.75) is 34.7 Å². The van der Waals surface area contributed by atoms with Gasteiger partial charge in [0.25, 0.3) is 0 Å². The average molecular weight is 467 g/mol. The van der Waals surface area contributed by atoms with E-state index in [4.69, 9.17) is 21.6 Å². The number of nitrogens with zero attached hydrogens (tertiary/aromatic N) is 6. The predicted octanol–water partition coefficient (Wildman–Crippen LogP) is 1.09. The van der Waals surface area contributed by atoms with Gasteiger partial charge in [-0.15, -0.1) is 16.4 Å². The smallest absolute Gasteiger partial charge is 0.159 e. The number of aromatic nitrogens is 5. The molecule has 3 N–H and O–H groups in total. The molecule has 1 aliphatic heterocycles. The maximum Gasteiger partial charge on any atom is 0.159 e. The summed E-state index contributed by atoms with van der Waals surface area (Å²) < 4.78 is 7.05. The highest BCUT2D eigenvalue weighted by atomic mass is 35.5. The van der Waals surface area contributed by atoms with Gasteiger partial charge < -0.3 is 20.1 Å². The largest absolute Gasteiger partial charge is 0.394 e. The van der Waals surface area contributed by atoms with Gasteiger partial charge in [-0.3, -0.25) is 0 Å². The van der Waals surface area contributed by atoms with Crippen LogP contribution >= 0.6 is 34.7 Å². The van der Waals surface area contributed by atoms with E-state index in [1.165, 1.54) is 28.3 Å². The topological polar surface area (TPSA) is 150 Å². The molecule has 5 atom stereocenters. The Morgan fingerprint density at radius 1 is 1.33 bits per heavy atom. The molecule has 1 fully saturated rings. The Kier molecular flexibility index (Phi) is 6.30. The normalized spacial score (nSPS) is 26.4. The number of rotatable bonds is 5. The molecule has 13 heteroatoms. The lowest BCUT2D eigenvalue weighted by Gasteiger charge is -2.41. The van der Waals surface area contributed by atoms with Crippen molar-refractivity contribution in [2.24, 2.45) is 0 Å². The molecule has 0 radical (unpaired) electrons. The molecule has 4 heterocycles. The van der Waals surface area contributed by atoms with Crippen LogP contribution in [0.15, 0.2) is 34.9 Å². The lowest BCUT2D eigenvalue weighted by Crippen LogP contribution is -2.55. The Labute approximate surface area is 183 Å². The Balaban J connectivity index is 1.60. The van der Waals surface area contributed by atoms with Crippen LogP contribution in [0.2, 0.25) is 5.02 Å². The van der Waals surface area contributed by atoms with E-state index in [2.05, 4.69) is 20.3 Å². The molecule has 4 unspecified atom stereocenters. The summed E-state index contributed by atoms with van der Waals surface area (Å²) in [5.74, 6) is 0. The van der Waals surface area contributed by atoms with Crippen LogP contribution in [0.4, 0.5) is 0 Å². The Hall–Kier alpha value is -2.11. The molecule has 0 saturated carbocycles. The van der Waals surface area contributed by atoms with Crippen LogP contribution in [0, 0.1) is 11.3 Å². The fourth-order valence-electron chi connectivity index (χ4n) is 3.05. The van der Waals surface area contributed by atoms with Crippen molar-refractivity contribution in [1.82, 2.24) is 25.0 Å². The molecular weight excluding hydrogens is 452 g/mol. The number of halogens is 1. The van der Waals surface area contributed by atoms with Gasteiger partial charge in [-0.05, 0) is 6.07 Å². The van der Waals surface area contributed by atoms with Crippen LogP contribution in [-0.2, 0) is 4.74 Å². The maximum atomic E-state index is 10.9. The zero-order valence-corrected chi connectivity index (χ0v) is 17.5. The minimum absolute atomic E-state index is 0.0880. The van der Waals surface area contributed by atoms with E-state index < -0.39 is 36.4 Å². The van der Waals surface area contributed by atoms with Gasteiger partial charge in [-0.25, -0.2) is 14.6 Å². The molecule has 0 spiro atoms. The number of hydrogen-bond donors (Lipinski definition) is 3. The molecule has 0 bridgehead atoms. The molecule has 1 saturated heterocycles. The number of ether oxygens (including phenoxy) is 1. The first kappa shape index (κ1) is 21.1. The van der Waals surface area contributed by atoms with E-state index in [9.17, 15) is 15.3 Å². The SMILES string of the molecule is N#Cc1ncc(SC2OC(CO)C(O)C(n3cc(-c4nccs4)nn3)[C@@H]2O)cc1Cl. The molecule has 3 aromatic rings. The van der Waals surface area contributed by atoms with Gasteiger partial charge in [0, 0.05) is 22.7 Å². The van der Waals surface area contributed by atoms with Crippen LogP contribution < -0.4 is 0 Å². The van der Waals surface area contributed by atoms with Crippen LogP contribution in [0.3, 0.4) is 0 Å². The van der Waals surface area contributed by atoms with Gasteiger partial charge in [-0.1, -0.05) is 28.6 Å². The second-order valence-electron chi connectivity index (χ2n) is 6.35. The van der Waals surface area contributed by atoms with Crippen molar-refractivity contribution >= 4 is 34.7 Å². The van der Waals surface area contributed by atoms with Crippen molar-refractivity contribution in [3.05, 3.63) is 40.8 Å². The zero-order valence-electron chi connectivity index (χ0n) is 15.1. The minimum Gasteiger partial charge on any atom is -0.394 e. The molecule has 0 amide bonds. The highest BCUT2D eigenvalue weighted by Gasteiger charge is 2.46. The third-order valence-corrected chi connectivity index (χ3v) is 6.69. The standard InChI is InChI=1S/C17H15ClN6O4S2/c18-9-3-8(5-21-10(9)4-19)30-17-15(27)13(14(26)12(7-25)28-17)24-6-11(22-23-24)16-20-1-2-29-16/h1-3,5-6,12-15,17,25-27H,7H2/t12?,13?,14?,15-,17?/m0/s1. The summed E-state index contributed by atoms with van der Waals surface area (Å²) in [6, 6.07) is 2.50. The van der Waals surface area contributed by atoms with E-state index in [0.717, 1.165) is 11.8 Å². The van der Waals surface area contributed by atoms with Crippen molar-refractivity contribution in [2.75, 3.05) is 6.61 Å². The number of pyridine rings is 1. The zero-order chi connectivity index (χ0) is 21.3. The molecule has 30 heavy (non-hydrogen) atoms. The van der Waals surface area contributed by atoms with E-state index in [1.807, 2.05) is 6.07 Å². The molecule has 156 valence electrons. The molecule has 0 aromatic carbocycles. The van der Waals surface area contributed by atoms with E-state index in [0.29, 0.717) is 15.6 Å². The highest BCUT2D eigenvalue weighted by Crippen LogP contribution is 2.38. The van der Waals surface area contributed by atoms with E-state index in [1.54, 1.807) is 17.8 Å². The first-order valence-electron chi connectivity index (χ1n) is 8.68. The number of aliphatic hydroxyl groups excluding tert-OH is 3. The van der Waals surface area contributed by atoms with E-state index >= 15 is 0 Å². The summed E-state index contributed by atoms with van der Waals surface area (Å²) >= 11 is 8.52. The predicted molar refractivity (Wildman–Crippen MR) is 108 cm³/mol. The summed E-state index contributed by atoms with van der Waals surface area (Å²) in [6.45, 7) is -0.456. The third kappa shape index (κ3) is 4.06. The van der Waals surface area contributed by atoms with Crippen molar-refractivity contribution in [3.63, 3.8) is 0 Å². The van der Waals surface area contributed by atoms with Gasteiger partial charge in [0.05, 0.1) is 17.8 Å². The lowest BCUT2D eigenvalue weighted by molar-refractivity contribution is -0.178. The second-order valence-corrected chi connectivity index (χ2v) is 8.82. The number of hydrogen-bond acceptors (Lipinski definition) is 11. The summed E-state index contributed by atoms with van der Waals surface area (Å²) in [5.41, 5.74) is -0.275. The van der Waals surface area contributed by atoms with Gasteiger partial charge in [0.15, 0.2) is 5.69 Å². The average Bonchev–Trinajstić information content (AvgIpc) is 3.42. The summed E-state index contributed by atoms with van der Waals surface area (Å²) in [6.07, 6.45) is 1.28. The van der Waals surface area contributed by atoms with Crippen molar-refractivity contribution in [1.29, 1.82) is 5.26 Å². The van der Waals surface area contributed by atoms with Gasteiger partial charge in [0.2, 0.25) is 0 Å². The Bertz CT molecular complexity index is 1060. The molecular formula is C17H15ClN6O4S2. The molecule has 10 nitrogen and oxygen atoms in total. The van der Waals surface area contributed by atoms with Gasteiger partial charge in [-0.2, -0.15) is 5.26 Å². The third-order valence-electron chi connectivity index (χ3n) is 4.49. The summed E-state index contributed by atoms with van der Waals surface area (Å²) in [7, 11) is 0. The van der Waals surface area contributed by atoms with Gasteiger partial charge in [0.1, 0.15) is 46.6 Å². The summed E-state index contributed by atoms with van der Waals surface area (Å²) in [5, 5.41) is 51.0. The summed E-state index contributed by atoms with van der Waals surface area (Å²) in [4.78, 5) is 8.69. The number of aliphatic hydroxyl groups is 3. The van der Waals surface area contributed by atoms with Crippen LogP contribution in [0.5, 0.6) is 0 Å². The van der Waals surface area contributed by atoms with Crippen LogP contribution in [-0.4, -0.2) is 70.6 Å². The van der Waals surface area contributed by atoms with Crippen molar-refractivity contribution < 1.29 is 20.1 Å². The number of thioether (sulfide) groups is 1. The Morgan fingerprint density at radius 3 is 2.83 bits per heavy atom. The molecule has 4 rings (SSSR count). The molecule has 1 aliphatic rings. The van der Waals surface area contributed by atoms with Crippen molar-refractivity contribution in [3.8, 4) is 16.8 Å². The highest BCUT2D eigenvalue weighted by molar-refractivity contribution is 7.99. The monoisotopic (exact) mass is 466 g/mol. The lowest BCUT2D eigenvalue weighted by atomic mass is 9.97. The van der Waals surface area contributed by atoms with Crippen LogP contribution in [0.25, 0.3) is 10.7 Å². The van der Waals surface area contributed by atoms with Gasteiger partial charge >= 0.3 is 0 Å². The fraction of sp³-hybridized carbons (Fsp3) is 0.353. The number of thiazole rings is 1. The first-order valence-corrected chi connectivity index (χ1v) is 10.8. The maximum absolute atomic E-state index is 10.9. The molecule has 3 aromatic heterocycles. The van der Waals surface area contributed by atoms with Crippen LogP contribution in [0.1, 0.15) is 11.7 Å². The quantitative estimate of drug-likeness (QED) is 0.498. The second kappa shape index (κ2) is 8.94. The first-order chi connectivity index (χ1) is 14.5. The Morgan fingerprint density at radius 2 is 2.17 bits per heavy atom. The van der Waals surface area contributed by atoms with E-state index in [-0.39, 0.29) is 10.7 Å². The molecule has 0 aliphatic carbocycles. The fourth-order valence-corrected chi connectivity index (χ4v) is 4.98. The minimum atomic E-state index is -1.23.